The van der Waals surface area contributed by atoms with E-state index in [1.165, 1.54) is 40.5 Å². The summed E-state index contributed by atoms with van der Waals surface area (Å²) in [6.07, 6.45) is 1.61. The van der Waals surface area contributed by atoms with Crippen LogP contribution in [0.25, 0.3) is 10.2 Å². The topological polar surface area (TPSA) is 80.2 Å². The van der Waals surface area contributed by atoms with Crippen molar-refractivity contribution in [3.8, 4) is 0 Å². The quantitative estimate of drug-likeness (QED) is 0.354. The molecular formula is C22H17Cl2N3O3S2. The first-order chi connectivity index (χ1) is 15.2. The zero-order chi connectivity index (χ0) is 22.9. The molecule has 2 heterocycles. The Morgan fingerprint density at radius 2 is 1.81 bits per heavy atom. The maximum absolute atomic E-state index is 13.3. The summed E-state index contributed by atoms with van der Waals surface area (Å²) in [5.41, 5.74) is 2.19. The smallest absolute Gasteiger partial charge is 0.244 e. The number of hydrogen-bond acceptors (Lipinski definition) is 6. The number of aromatic nitrogens is 2. The van der Waals surface area contributed by atoms with Crippen LogP contribution >= 0.6 is 34.5 Å². The van der Waals surface area contributed by atoms with Crippen molar-refractivity contribution in [3.63, 3.8) is 0 Å². The molecule has 0 radical (unpaired) electrons. The van der Waals surface area contributed by atoms with Gasteiger partial charge in [-0.1, -0.05) is 46.7 Å². The average molecular weight is 506 g/mol. The maximum atomic E-state index is 13.3. The first-order valence-electron chi connectivity index (χ1n) is 9.49. The Kier molecular flexibility index (Phi) is 6.48. The molecule has 0 atom stereocenters. The van der Waals surface area contributed by atoms with Gasteiger partial charge in [-0.3, -0.25) is 14.7 Å². The number of aryl methyl sites for hydroxylation is 1. The van der Waals surface area contributed by atoms with Gasteiger partial charge in [0.1, 0.15) is 5.75 Å². The third-order valence-electron chi connectivity index (χ3n) is 4.75. The summed E-state index contributed by atoms with van der Waals surface area (Å²) in [6, 6.07) is 14.7. The number of benzene rings is 2. The zero-order valence-electron chi connectivity index (χ0n) is 16.8. The predicted octanol–water partition coefficient (Wildman–Crippen LogP) is 5.31. The molecule has 0 unspecified atom stereocenters. The van der Waals surface area contributed by atoms with E-state index in [1.54, 1.807) is 30.5 Å². The van der Waals surface area contributed by atoms with Crippen LogP contribution in [0, 0.1) is 6.92 Å². The lowest BCUT2D eigenvalue weighted by Crippen LogP contribution is -2.35. The number of nitrogens with zero attached hydrogens (tertiary/aromatic N) is 3. The van der Waals surface area contributed by atoms with Gasteiger partial charge in [0.05, 0.1) is 32.4 Å². The van der Waals surface area contributed by atoms with Crippen LogP contribution in [-0.2, 0) is 21.2 Å². The van der Waals surface area contributed by atoms with Gasteiger partial charge < -0.3 is 0 Å². The zero-order valence-corrected chi connectivity index (χ0v) is 20.0. The number of thiazole rings is 1. The largest absolute Gasteiger partial charge is 0.281 e. The fourth-order valence-electron chi connectivity index (χ4n) is 3.09. The second-order valence-corrected chi connectivity index (χ2v) is 10.9. The van der Waals surface area contributed by atoms with Crippen LogP contribution in [0.3, 0.4) is 0 Å². The number of pyridine rings is 1. The minimum atomic E-state index is -3.89. The Bertz CT molecular complexity index is 1350. The third kappa shape index (κ3) is 4.78. The molecule has 164 valence electrons. The fraction of sp³-hybridized carbons (Fsp3) is 0.136. The Morgan fingerprint density at radius 3 is 2.47 bits per heavy atom. The van der Waals surface area contributed by atoms with Gasteiger partial charge >= 0.3 is 0 Å². The lowest BCUT2D eigenvalue weighted by Gasteiger charge is -2.19. The number of sulfone groups is 1. The number of carbonyl (C=O) groups excluding carboxylic acids is 1. The van der Waals surface area contributed by atoms with Gasteiger partial charge in [0, 0.05) is 11.2 Å². The van der Waals surface area contributed by atoms with Gasteiger partial charge in [0.25, 0.3) is 0 Å². The number of amides is 1. The van der Waals surface area contributed by atoms with Gasteiger partial charge in [0.15, 0.2) is 15.0 Å². The molecule has 2 aromatic heterocycles. The molecule has 0 aliphatic heterocycles. The summed E-state index contributed by atoms with van der Waals surface area (Å²) in [6.45, 7) is 1.98. The minimum Gasteiger partial charge on any atom is -0.281 e. The van der Waals surface area contributed by atoms with Crippen molar-refractivity contribution in [3.05, 3.63) is 82.1 Å². The van der Waals surface area contributed by atoms with Crippen LogP contribution in [0.4, 0.5) is 5.13 Å². The molecule has 0 saturated carbocycles. The highest BCUT2D eigenvalue weighted by atomic mass is 35.5. The van der Waals surface area contributed by atoms with E-state index in [9.17, 15) is 13.2 Å². The van der Waals surface area contributed by atoms with E-state index in [2.05, 4.69) is 9.97 Å². The molecule has 0 bridgehead atoms. The first kappa shape index (κ1) is 22.7. The summed E-state index contributed by atoms with van der Waals surface area (Å²) >= 11 is 13.4. The van der Waals surface area contributed by atoms with Crippen molar-refractivity contribution in [2.24, 2.45) is 0 Å². The van der Waals surface area contributed by atoms with Crippen LogP contribution in [0.5, 0.6) is 0 Å². The second kappa shape index (κ2) is 9.15. The predicted molar refractivity (Wildman–Crippen MR) is 128 cm³/mol. The van der Waals surface area contributed by atoms with E-state index in [-0.39, 0.29) is 11.4 Å². The molecule has 0 aliphatic carbocycles. The van der Waals surface area contributed by atoms with Crippen molar-refractivity contribution in [2.45, 2.75) is 18.4 Å². The highest BCUT2D eigenvalue weighted by Gasteiger charge is 2.27. The Hall–Kier alpha value is -2.52. The lowest BCUT2D eigenvalue weighted by atomic mass is 10.2. The molecular weight excluding hydrogens is 489 g/mol. The summed E-state index contributed by atoms with van der Waals surface area (Å²) < 4.78 is 26.5. The SMILES string of the molecule is Cc1ccc(Cl)c2sc(N(Cc3ccccn3)C(=O)CS(=O)(=O)c3ccc(Cl)cc3)nc12. The number of halogens is 2. The molecule has 0 aliphatic rings. The molecule has 6 nitrogen and oxygen atoms in total. The van der Waals surface area contributed by atoms with Crippen molar-refractivity contribution in [1.82, 2.24) is 9.97 Å². The number of fused-ring (bicyclic) bond motifs is 1. The molecule has 32 heavy (non-hydrogen) atoms. The number of carbonyl (C=O) groups is 1. The Morgan fingerprint density at radius 1 is 1.06 bits per heavy atom. The van der Waals surface area contributed by atoms with Gasteiger partial charge in [-0.2, -0.15) is 0 Å². The first-order valence-corrected chi connectivity index (χ1v) is 12.7. The molecule has 10 heteroatoms. The monoisotopic (exact) mass is 505 g/mol. The summed E-state index contributed by atoms with van der Waals surface area (Å²) in [5.74, 6) is -1.33. The second-order valence-electron chi connectivity index (χ2n) is 7.05. The van der Waals surface area contributed by atoms with Crippen molar-refractivity contribution in [1.29, 1.82) is 0 Å². The highest BCUT2D eigenvalue weighted by molar-refractivity contribution is 7.92. The van der Waals surface area contributed by atoms with Crippen LogP contribution in [0.1, 0.15) is 11.3 Å². The van der Waals surface area contributed by atoms with Crippen LogP contribution in [-0.4, -0.2) is 30.0 Å². The molecule has 1 amide bonds. The third-order valence-corrected chi connectivity index (χ3v) is 8.16. The maximum Gasteiger partial charge on any atom is 0.244 e. The normalized spacial score (nSPS) is 11.6. The van der Waals surface area contributed by atoms with Crippen LogP contribution < -0.4 is 4.90 Å². The number of hydrogen-bond donors (Lipinski definition) is 0. The van der Waals surface area contributed by atoms with E-state index >= 15 is 0 Å². The summed E-state index contributed by atoms with van der Waals surface area (Å²) in [5, 5.41) is 1.29. The minimum absolute atomic E-state index is 0.0243. The standard InChI is InChI=1S/C22H17Cl2N3O3S2/c1-14-5-10-18(24)21-20(14)26-22(31-21)27(12-16-4-2-3-11-25-16)19(28)13-32(29,30)17-8-6-15(23)7-9-17/h2-11H,12-13H2,1H3. The molecule has 4 aromatic rings. The van der Waals surface area contributed by atoms with Crippen molar-refractivity contribution < 1.29 is 13.2 Å². The van der Waals surface area contributed by atoms with E-state index in [1.807, 2.05) is 13.0 Å². The fourth-order valence-corrected chi connectivity index (χ4v) is 5.75. The molecule has 0 saturated heterocycles. The highest BCUT2D eigenvalue weighted by Crippen LogP contribution is 2.36. The number of rotatable bonds is 6. The Balaban J connectivity index is 1.72. The van der Waals surface area contributed by atoms with Gasteiger partial charge in [0.2, 0.25) is 5.91 Å². The lowest BCUT2D eigenvalue weighted by molar-refractivity contribution is -0.116. The molecule has 0 spiro atoms. The van der Waals surface area contributed by atoms with E-state index in [0.717, 1.165) is 10.3 Å². The molecule has 0 fully saturated rings. The number of anilines is 1. The van der Waals surface area contributed by atoms with Gasteiger partial charge in [-0.05, 0) is 55.0 Å². The van der Waals surface area contributed by atoms with Crippen molar-refractivity contribution in [2.75, 3.05) is 10.7 Å². The van der Waals surface area contributed by atoms with E-state index < -0.39 is 21.5 Å². The molecule has 2 aromatic carbocycles. The average Bonchev–Trinajstić information content (AvgIpc) is 3.22. The summed E-state index contributed by atoms with van der Waals surface area (Å²) in [4.78, 5) is 23.5. The van der Waals surface area contributed by atoms with Gasteiger partial charge in [-0.25, -0.2) is 13.4 Å². The van der Waals surface area contributed by atoms with E-state index in [0.29, 0.717) is 26.4 Å². The Labute approximate surface area is 199 Å². The van der Waals surface area contributed by atoms with E-state index in [4.69, 9.17) is 23.2 Å². The van der Waals surface area contributed by atoms with Crippen molar-refractivity contribution >= 4 is 65.6 Å². The van der Waals surface area contributed by atoms with Crippen LogP contribution in [0.2, 0.25) is 10.0 Å². The van der Waals surface area contributed by atoms with Gasteiger partial charge in [-0.15, -0.1) is 0 Å². The molecule has 0 N–H and O–H groups in total. The summed E-state index contributed by atoms with van der Waals surface area (Å²) in [7, 11) is -3.89. The molecule has 4 rings (SSSR count). The van der Waals surface area contributed by atoms with Crippen LogP contribution in [0.15, 0.2) is 65.7 Å².